The van der Waals surface area contributed by atoms with Gasteiger partial charge in [0.15, 0.2) is 49.0 Å². The minimum atomic E-state index is -0.275. The van der Waals surface area contributed by atoms with Crippen LogP contribution in [0.5, 0.6) is 17.2 Å². The Morgan fingerprint density at radius 2 is 0.631 bits per heavy atom. The van der Waals surface area contributed by atoms with Crippen LogP contribution >= 0.6 is 0 Å². The van der Waals surface area contributed by atoms with Crippen molar-refractivity contribution >= 4 is 141 Å². The van der Waals surface area contributed by atoms with Gasteiger partial charge in [-0.2, -0.15) is 0 Å². The molecule has 0 spiro atoms. The first kappa shape index (κ1) is 85.1. The monoisotopic (exact) mass is 1770 g/mol. The largest absolute Gasteiger partial charge is 0.493 e. The van der Waals surface area contributed by atoms with Crippen molar-refractivity contribution in [3.63, 3.8) is 0 Å². The predicted molar refractivity (Wildman–Crippen MR) is 556 cm³/mol. The van der Waals surface area contributed by atoms with Gasteiger partial charge in [-0.05, 0) is 286 Å². The van der Waals surface area contributed by atoms with Gasteiger partial charge in [-0.15, -0.1) is 0 Å². The van der Waals surface area contributed by atoms with E-state index in [-0.39, 0.29) is 32.7 Å². The van der Waals surface area contributed by atoms with Crippen LogP contribution in [0.3, 0.4) is 0 Å². The molecule has 2 bridgehead atoms. The summed E-state index contributed by atoms with van der Waals surface area (Å²) < 4.78 is 19.1. The van der Waals surface area contributed by atoms with Gasteiger partial charge in [0, 0.05) is 72.9 Å². The number of hydrogen-bond acceptors (Lipinski definition) is 3. The normalized spacial score (nSPS) is 16.5. The maximum Gasteiger partial charge on any atom is 0.174 e. The molecule has 1 saturated heterocycles. The van der Waals surface area contributed by atoms with Gasteiger partial charge in [-0.25, -0.2) is 0 Å². The van der Waals surface area contributed by atoms with E-state index in [1.165, 1.54) is 255 Å². The molecule has 4 saturated carbocycles. The van der Waals surface area contributed by atoms with Crippen LogP contribution in [-0.4, -0.2) is 31.3 Å². The molecule has 19 aromatic rings. The topological polar surface area (TPSA) is 27.7 Å². The summed E-state index contributed by atoms with van der Waals surface area (Å²) in [5.74, 6) is 10.2. The fraction of sp³-hybridized carbons (Fsp3) is 0.220. The van der Waals surface area contributed by atoms with Gasteiger partial charge in [-0.3, -0.25) is 0 Å². The van der Waals surface area contributed by atoms with Crippen LogP contribution in [-0.2, 0) is 43.6 Å². The first-order valence-electron chi connectivity index (χ1n) is 47.8. The van der Waals surface area contributed by atoms with E-state index in [0.717, 1.165) is 67.2 Å². The molecule has 1 heterocycles. The van der Waals surface area contributed by atoms with Gasteiger partial charge in [0.25, 0.3) is 0 Å². The fourth-order valence-corrected chi connectivity index (χ4v) is 30.8. The van der Waals surface area contributed by atoms with Crippen molar-refractivity contribution in [1.29, 1.82) is 0 Å². The summed E-state index contributed by atoms with van der Waals surface area (Å²) in [5.41, 5.74) is 0. The Labute approximate surface area is 779 Å². The Kier molecular flexibility index (Phi) is 26.4. The lowest BCUT2D eigenvalue weighted by atomic mass is 9.87. The third-order valence-electron chi connectivity index (χ3n) is 28.1. The Morgan fingerprint density at radius 1 is 0.246 bits per heavy atom. The lowest BCUT2D eigenvalue weighted by molar-refractivity contribution is 0.197. The van der Waals surface area contributed by atoms with Gasteiger partial charge in [0.1, 0.15) is 39.6 Å². The minimum absolute atomic E-state index is 0.199. The van der Waals surface area contributed by atoms with Crippen LogP contribution in [0, 0.1) is 29.6 Å². The summed E-state index contributed by atoms with van der Waals surface area (Å²) in [5, 5.41) is 23.4. The number of benzene rings is 19. The second-order valence-electron chi connectivity index (χ2n) is 36.4. The third-order valence-corrected chi connectivity index (χ3v) is 37.5. The van der Waals surface area contributed by atoms with Crippen LogP contribution in [0.1, 0.15) is 109 Å². The Hall–Kier alpha value is -11.7. The second kappa shape index (κ2) is 40.4. The molecule has 4 aliphatic carbocycles. The van der Waals surface area contributed by atoms with Crippen molar-refractivity contribution in [3.05, 3.63) is 394 Å². The molecule has 0 radical (unpaired) electrons. The highest BCUT2D eigenvalue weighted by molar-refractivity contribution is 7.98. The summed E-state index contributed by atoms with van der Waals surface area (Å²) in [6.07, 6.45) is 23.4. The van der Waals surface area contributed by atoms with Gasteiger partial charge >= 0.3 is 0 Å². The molecular weight excluding hydrogens is 1650 g/mol. The van der Waals surface area contributed by atoms with Crippen LogP contribution in [0.15, 0.2) is 443 Å². The van der Waals surface area contributed by atoms with Crippen molar-refractivity contribution in [2.45, 2.75) is 158 Å². The van der Waals surface area contributed by atoms with Crippen molar-refractivity contribution in [2.75, 3.05) is 31.3 Å². The van der Waals surface area contributed by atoms with Gasteiger partial charge in [0.2, 0.25) is 0 Å². The Morgan fingerprint density at radius 3 is 1.10 bits per heavy atom. The van der Waals surface area contributed by atoms with Crippen LogP contribution < -0.4 is 14.2 Å². The first-order valence-corrected chi connectivity index (χ1v) is 53.0. The zero-order valence-corrected chi connectivity index (χ0v) is 77.6. The maximum atomic E-state index is 6.49. The molecule has 1 aliphatic heterocycles. The number of rotatable bonds is 20. The molecule has 3 atom stereocenters. The smallest absolute Gasteiger partial charge is 0.174 e. The first-order chi connectivity index (χ1) is 64.4. The Bertz CT molecular complexity index is 6800. The molecular formula is C123H114O3S4+4. The predicted octanol–water partition coefficient (Wildman–Crippen LogP) is 33.3. The standard InChI is InChI=1S/C38H35OS.C33H31OS.C30H21S.C22H27OS/c1-2-10-28(11-3-1)24-25-39-37-22-23-38(36-17-9-8-16-35(36)37)40(33-20-18-29-12-4-6-14-31(29)26-33)34-21-19-30-13-5-7-15-32(30)27-34;1-2-8-25(9-3-1)24-34-30-16-20-31(21-17-30)35(32-18-14-26-10-4-6-12-28(26)22-32)33-19-15-27-11-5-7-13-29(27)23-33;1-4-16-25-22(10-1)13-7-19-28(25)31(29-20-8-14-23-11-2-5-17-26(23)29)30-21-9-15-24-12-3-6-18-27(24)30;1-2-6-20-19(5-1)21(9-10-22(20)24-11-3-4-12-24)23-15-18-14-16-7-8-17(18)13-16/h4-9,12-23,26-28H,1-3,10-11,24-25H2;4-7,10-23,25H,1-3,8-9,24H2;1-21H;1-2,5-6,9-10,16-18H,3-4,7-8,11-15H2/q4*+1. The number of hydrogen-bond donors (Lipinski definition) is 0. The molecule has 130 heavy (non-hydrogen) atoms. The van der Waals surface area contributed by atoms with E-state index in [9.17, 15) is 0 Å². The molecule has 0 amide bonds. The molecule has 644 valence electrons. The van der Waals surface area contributed by atoms with E-state index in [2.05, 4.69) is 394 Å². The average molecular weight is 1770 g/mol. The molecule has 5 fully saturated rings. The highest BCUT2D eigenvalue weighted by Crippen LogP contribution is 2.50. The maximum absolute atomic E-state index is 6.49. The van der Waals surface area contributed by atoms with Crippen LogP contribution in [0.2, 0.25) is 0 Å². The van der Waals surface area contributed by atoms with Crippen molar-refractivity contribution < 1.29 is 14.2 Å². The molecule has 0 N–H and O–H groups in total. The van der Waals surface area contributed by atoms with Crippen LogP contribution in [0.25, 0.3) is 97.0 Å². The van der Waals surface area contributed by atoms with E-state index in [1.807, 2.05) is 0 Å². The fourth-order valence-electron chi connectivity index (χ4n) is 21.3. The summed E-state index contributed by atoms with van der Waals surface area (Å²) in [6, 6.07) is 145. The lowest BCUT2D eigenvalue weighted by Crippen LogP contribution is -2.18. The van der Waals surface area contributed by atoms with E-state index in [1.54, 1.807) is 4.90 Å². The average Bonchev–Trinajstić information content (AvgIpc) is 0.972. The minimum Gasteiger partial charge on any atom is -0.493 e. The van der Waals surface area contributed by atoms with E-state index >= 15 is 0 Å². The third kappa shape index (κ3) is 19.0. The molecule has 3 unspecified atom stereocenters. The van der Waals surface area contributed by atoms with Gasteiger partial charge in [0.05, 0.1) is 41.6 Å². The Balaban J connectivity index is 0.000000106. The van der Waals surface area contributed by atoms with Gasteiger partial charge < -0.3 is 14.2 Å². The zero-order chi connectivity index (χ0) is 86.7. The summed E-state index contributed by atoms with van der Waals surface area (Å²) in [4.78, 5) is 13.7. The van der Waals surface area contributed by atoms with E-state index < -0.39 is 0 Å². The molecule has 0 aromatic heterocycles. The summed E-state index contributed by atoms with van der Waals surface area (Å²) in [6.45, 7) is 2.58. The lowest BCUT2D eigenvalue weighted by Gasteiger charge is -2.22. The van der Waals surface area contributed by atoms with E-state index in [4.69, 9.17) is 14.2 Å². The zero-order valence-electron chi connectivity index (χ0n) is 74.3. The highest BCUT2D eigenvalue weighted by atomic mass is 32.2. The van der Waals surface area contributed by atoms with Crippen molar-refractivity contribution in [2.24, 2.45) is 29.6 Å². The summed E-state index contributed by atoms with van der Waals surface area (Å²) >= 11 is 0. The molecule has 24 rings (SSSR count). The molecule has 7 heteroatoms. The van der Waals surface area contributed by atoms with Crippen LogP contribution in [0.4, 0.5) is 0 Å². The molecule has 19 aromatic carbocycles. The summed E-state index contributed by atoms with van der Waals surface area (Å²) in [7, 11) is -0.248. The second-order valence-corrected chi connectivity index (χ2v) is 44.6. The molecule has 5 aliphatic rings. The quantitative estimate of drug-likeness (QED) is 0.0712. The van der Waals surface area contributed by atoms with E-state index in [0.29, 0.717) is 16.8 Å². The highest BCUT2D eigenvalue weighted by Gasteiger charge is 2.41. The van der Waals surface area contributed by atoms with Crippen molar-refractivity contribution in [1.82, 2.24) is 0 Å². The number of ether oxygens (including phenoxy) is 3. The number of fused-ring (bicyclic) bond motifs is 11. The SMILES string of the molecule is c1ccc2c([S+](c3cccc4ccccc34)c3cccc4ccccc34)cccc2c1.c1ccc2c([S+]3CCCC3)ccc(OCC3CC4CCC3C4)c2c1.c1ccc2cc([S+](c3ccc(OCC4CCCCC4)cc3)c3ccc4ccccc4c3)ccc2c1.c1ccc2cc([S+](c3ccc4ccccc4c3)c3ccc(OCCC4CCCCC4)c4ccccc34)ccc2c1. The molecule has 3 nitrogen and oxygen atoms in total. The van der Waals surface area contributed by atoms with Gasteiger partial charge in [-0.1, -0.05) is 282 Å². The van der Waals surface area contributed by atoms with Crippen molar-refractivity contribution in [3.8, 4) is 17.2 Å².